The largest absolute Gasteiger partial charge is 0.365 e. The highest BCUT2D eigenvalue weighted by Gasteiger charge is 2.30. The molecule has 0 amide bonds. The van der Waals surface area contributed by atoms with Gasteiger partial charge in [-0.05, 0) is 19.8 Å². The molecule has 0 aromatic carbocycles. The van der Waals surface area contributed by atoms with Gasteiger partial charge in [-0.15, -0.1) is 0 Å². The maximum Gasteiger partial charge on any atom is 0.255 e. The Labute approximate surface area is 121 Å². The summed E-state index contributed by atoms with van der Waals surface area (Å²) in [7, 11) is 0. The van der Waals surface area contributed by atoms with Crippen molar-refractivity contribution in [3.63, 3.8) is 0 Å². The van der Waals surface area contributed by atoms with Crippen molar-refractivity contribution < 1.29 is 9.26 Å². The van der Waals surface area contributed by atoms with E-state index in [0.717, 1.165) is 12.8 Å². The van der Waals surface area contributed by atoms with Crippen molar-refractivity contribution in [2.75, 3.05) is 11.9 Å². The number of anilines is 1. The van der Waals surface area contributed by atoms with E-state index in [2.05, 4.69) is 25.4 Å². The average Bonchev–Trinajstić information content (AvgIpc) is 3.14. The fourth-order valence-electron chi connectivity index (χ4n) is 2.24. The average molecular weight is 286 g/mol. The van der Waals surface area contributed by atoms with Crippen molar-refractivity contribution in [1.29, 1.82) is 5.26 Å². The van der Waals surface area contributed by atoms with Crippen molar-refractivity contribution >= 4 is 5.82 Å². The number of nitrogens with one attached hydrogen (secondary N) is 1. The van der Waals surface area contributed by atoms with Gasteiger partial charge in [0.2, 0.25) is 0 Å². The molecule has 0 saturated carbocycles. The van der Waals surface area contributed by atoms with Crippen LogP contribution in [0.2, 0.25) is 0 Å². The minimum atomic E-state index is -0.157. The van der Waals surface area contributed by atoms with E-state index in [1.54, 1.807) is 13.1 Å². The van der Waals surface area contributed by atoms with E-state index < -0.39 is 0 Å². The molecule has 1 fully saturated rings. The monoisotopic (exact) mass is 286 g/mol. The van der Waals surface area contributed by atoms with Crippen LogP contribution in [0.4, 0.5) is 5.82 Å². The number of nitriles is 1. The molecule has 0 bridgehead atoms. The second kappa shape index (κ2) is 5.85. The minimum Gasteiger partial charge on any atom is -0.365 e. The van der Waals surface area contributed by atoms with E-state index in [0.29, 0.717) is 24.1 Å². The fourth-order valence-corrected chi connectivity index (χ4v) is 2.24. The van der Waals surface area contributed by atoms with Crippen LogP contribution in [0.1, 0.15) is 36.4 Å². The van der Waals surface area contributed by atoms with E-state index in [1.807, 2.05) is 6.07 Å². The van der Waals surface area contributed by atoms with E-state index in [-0.39, 0.29) is 17.9 Å². The zero-order valence-electron chi connectivity index (χ0n) is 11.5. The van der Waals surface area contributed by atoms with Crippen LogP contribution < -0.4 is 5.32 Å². The van der Waals surface area contributed by atoms with Gasteiger partial charge in [0.15, 0.2) is 17.3 Å². The Kier molecular flexibility index (Phi) is 3.75. The van der Waals surface area contributed by atoms with Crippen LogP contribution in [-0.4, -0.2) is 32.8 Å². The summed E-state index contributed by atoms with van der Waals surface area (Å²) in [5.41, 5.74) is 0.277. The SMILES string of the molecule is Cc1noc([C@@H]2CC[C@H](CNc3nccnc3C#N)O2)n1. The molecular weight excluding hydrogens is 272 g/mol. The minimum absolute atomic E-state index is 0.00996. The molecule has 21 heavy (non-hydrogen) atoms. The molecule has 1 N–H and O–H groups in total. The summed E-state index contributed by atoms with van der Waals surface area (Å²) in [4.78, 5) is 12.2. The van der Waals surface area contributed by atoms with Crippen LogP contribution in [0.25, 0.3) is 0 Å². The Morgan fingerprint density at radius 3 is 3.00 bits per heavy atom. The molecule has 0 aliphatic carbocycles. The quantitative estimate of drug-likeness (QED) is 0.897. The summed E-state index contributed by atoms with van der Waals surface area (Å²) in [5, 5.41) is 15.8. The topological polar surface area (TPSA) is 110 Å². The highest BCUT2D eigenvalue weighted by molar-refractivity contribution is 5.46. The molecule has 1 aliphatic rings. The molecule has 0 spiro atoms. The molecule has 3 heterocycles. The molecule has 8 heteroatoms. The maximum atomic E-state index is 8.95. The standard InChI is InChI=1S/C13H14N6O2/c1-8-18-13(21-19-8)11-3-2-9(20-11)7-17-12-10(6-14)15-4-5-16-12/h4-5,9,11H,2-3,7H2,1H3,(H,16,17)/t9-,11+/m1/s1. The van der Waals surface area contributed by atoms with Gasteiger partial charge in [0.1, 0.15) is 12.2 Å². The number of hydrogen-bond donors (Lipinski definition) is 1. The van der Waals surface area contributed by atoms with Gasteiger partial charge in [0, 0.05) is 18.9 Å². The Balaban J connectivity index is 1.57. The van der Waals surface area contributed by atoms with Gasteiger partial charge < -0.3 is 14.6 Å². The molecule has 0 radical (unpaired) electrons. The fraction of sp³-hybridized carbons (Fsp3) is 0.462. The number of hydrogen-bond acceptors (Lipinski definition) is 8. The van der Waals surface area contributed by atoms with Crippen LogP contribution in [0, 0.1) is 18.3 Å². The van der Waals surface area contributed by atoms with E-state index in [4.69, 9.17) is 14.5 Å². The third kappa shape index (κ3) is 2.98. The summed E-state index contributed by atoms with van der Waals surface area (Å²) < 4.78 is 11.0. The molecule has 3 rings (SSSR count). The number of nitrogens with zero attached hydrogens (tertiary/aromatic N) is 5. The van der Waals surface area contributed by atoms with E-state index in [1.165, 1.54) is 6.20 Å². The van der Waals surface area contributed by atoms with E-state index in [9.17, 15) is 0 Å². The molecule has 108 valence electrons. The third-order valence-corrected chi connectivity index (χ3v) is 3.23. The molecule has 1 saturated heterocycles. The number of aryl methyl sites for hydroxylation is 1. The highest BCUT2D eigenvalue weighted by Crippen LogP contribution is 2.31. The maximum absolute atomic E-state index is 8.95. The van der Waals surface area contributed by atoms with Crippen molar-refractivity contribution in [2.45, 2.75) is 32.0 Å². The Morgan fingerprint density at radius 1 is 1.38 bits per heavy atom. The van der Waals surface area contributed by atoms with Crippen molar-refractivity contribution in [1.82, 2.24) is 20.1 Å². The normalized spacial score (nSPS) is 21.1. The number of ether oxygens (including phenoxy) is 1. The van der Waals surface area contributed by atoms with Gasteiger partial charge in [-0.2, -0.15) is 10.2 Å². The van der Waals surface area contributed by atoms with Crippen LogP contribution in [0.3, 0.4) is 0 Å². The van der Waals surface area contributed by atoms with Gasteiger partial charge >= 0.3 is 0 Å². The van der Waals surface area contributed by atoms with Crippen molar-refractivity contribution in [3.05, 3.63) is 29.8 Å². The predicted octanol–water partition coefficient (Wildman–Crippen LogP) is 1.37. The summed E-state index contributed by atoms with van der Waals surface area (Å²) in [6, 6.07) is 2.00. The van der Waals surface area contributed by atoms with Gasteiger partial charge in [-0.3, -0.25) is 0 Å². The number of aromatic nitrogens is 4. The van der Waals surface area contributed by atoms with Crippen LogP contribution in [0.15, 0.2) is 16.9 Å². The van der Waals surface area contributed by atoms with E-state index >= 15 is 0 Å². The molecule has 8 nitrogen and oxygen atoms in total. The second-order valence-electron chi connectivity index (χ2n) is 4.75. The second-order valence-corrected chi connectivity index (χ2v) is 4.75. The lowest BCUT2D eigenvalue weighted by Gasteiger charge is -2.13. The molecule has 2 atom stereocenters. The lowest BCUT2D eigenvalue weighted by atomic mass is 10.2. The zero-order chi connectivity index (χ0) is 14.7. The summed E-state index contributed by atoms with van der Waals surface area (Å²) in [6.45, 7) is 2.33. The van der Waals surface area contributed by atoms with Crippen molar-refractivity contribution in [3.8, 4) is 6.07 Å². The first-order valence-electron chi connectivity index (χ1n) is 6.67. The van der Waals surface area contributed by atoms with Gasteiger partial charge in [-0.25, -0.2) is 9.97 Å². The molecule has 2 aromatic rings. The van der Waals surface area contributed by atoms with Crippen LogP contribution in [-0.2, 0) is 4.74 Å². The Hall–Kier alpha value is -2.53. The Morgan fingerprint density at radius 2 is 2.24 bits per heavy atom. The molecule has 0 unspecified atom stereocenters. The zero-order valence-corrected chi connectivity index (χ0v) is 11.5. The summed E-state index contributed by atoms with van der Waals surface area (Å²) >= 11 is 0. The summed E-state index contributed by atoms with van der Waals surface area (Å²) in [5.74, 6) is 1.60. The summed E-state index contributed by atoms with van der Waals surface area (Å²) in [6.07, 6.45) is 4.60. The van der Waals surface area contributed by atoms with Gasteiger partial charge in [0.05, 0.1) is 6.10 Å². The number of rotatable bonds is 4. The molecule has 2 aromatic heterocycles. The van der Waals surface area contributed by atoms with Crippen molar-refractivity contribution in [2.24, 2.45) is 0 Å². The molecular formula is C13H14N6O2. The molecule has 1 aliphatic heterocycles. The highest BCUT2D eigenvalue weighted by atomic mass is 16.5. The lowest BCUT2D eigenvalue weighted by Crippen LogP contribution is -2.20. The first-order valence-corrected chi connectivity index (χ1v) is 6.67. The predicted molar refractivity (Wildman–Crippen MR) is 71.1 cm³/mol. The smallest absolute Gasteiger partial charge is 0.255 e. The first-order chi connectivity index (χ1) is 10.3. The Bertz CT molecular complexity index is 665. The van der Waals surface area contributed by atoms with Crippen LogP contribution in [0.5, 0.6) is 0 Å². The van der Waals surface area contributed by atoms with Gasteiger partial charge in [0.25, 0.3) is 5.89 Å². The van der Waals surface area contributed by atoms with Crippen LogP contribution >= 0.6 is 0 Å². The third-order valence-electron chi connectivity index (χ3n) is 3.23. The van der Waals surface area contributed by atoms with Gasteiger partial charge in [-0.1, -0.05) is 5.16 Å². The first kappa shape index (κ1) is 13.5. The lowest BCUT2D eigenvalue weighted by molar-refractivity contribution is 0.0326.